The molecule has 1 aromatic heterocycles. The van der Waals surface area contributed by atoms with Crippen LogP contribution in [0.3, 0.4) is 0 Å². The summed E-state index contributed by atoms with van der Waals surface area (Å²) in [6.07, 6.45) is 0.189. The number of sulfonamides is 1. The van der Waals surface area contributed by atoms with Crippen molar-refractivity contribution >= 4 is 38.9 Å². The molecule has 1 aliphatic heterocycles. The lowest BCUT2D eigenvalue weighted by atomic mass is 10.2. The average molecular weight is 395 g/mol. The number of amides is 1. The Bertz CT molecular complexity index is 1130. The fraction of sp³-hybridized carbons (Fsp3) is 0.105. The Hall–Kier alpha value is -3.46. The van der Waals surface area contributed by atoms with Crippen LogP contribution in [0.4, 0.5) is 23.0 Å². The van der Waals surface area contributed by atoms with Crippen molar-refractivity contribution in [1.82, 2.24) is 10.2 Å². The SMILES string of the molecule is CN1C(=O)Cc2cc(S(=O)(=O)Nc3ccc(Nc4ccccc4)nn3)ccc21. The summed E-state index contributed by atoms with van der Waals surface area (Å²) >= 11 is 0. The second kappa shape index (κ2) is 6.93. The fourth-order valence-electron chi connectivity index (χ4n) is 2.93. The van der Waals surface area contributed by atoms with Crippen LogP contribution >= 0.6 is 0 Å². The molecule has 0 saturated carbocycles. The van der Waals surface area contributed by atoms with Crippen LogP contribution in [0.1, 0.15) is 5.56 Å². The topological polar surface area (TPSA) is 104 Å². The van der Waals surface area contributed by atoms with Gasteiger partial charge in [-0.05, 0) is 48.0 Å². The molecule has 2 heterocycles. The predicted molar refractivity (Wildman–Crippen MR) is 106 cm³/mol. The minimum atomic E-state index is -3.84. The number of carbonyl (C=O) groups is 1. The lowest BCUT2D eigenvalue weighted by Crippen LogP contribution is -2.20. The number of benzene rings is 2. The summed E-state index contributed by atoms with van der Waals surface area (Å²) in [5.41, 5.74) is 2.26. The number of carbonyl (C=O) groups excluding carboxylic acids is 1. The van der Waals surface area contributed by atoms with E-state index in [9.17, 15) is 13.2 Å². The smallest absolute Gasteiger partial charge is 0.263 e. The minimum Gasteiger partial charge on any atom is -0.339 e. The molecular formula is C19H17N5O3S. The molecule has 0 aliphatic carbocycles. The molecule has 9 heteroatoms. The largest absolute Gasteiger partial charge is 0.339 e. The third kappa shape index (κ3) is 3.52. The Morgan fingerprint density at radius 1 is 0.964 bits per heavy atom. The normalized spacial score (nSPS) is 13.3. The molecule has 0 saturated heterocycles. The highest BCUT2D eigenvalue weighted by Gasteiger charge is 2.26. The molecule has 0 unspecified atom stereocenters. The van der Waals surface area contributed by atoms with Gasteiger partial charge in [0, 0.05) is 18.4 Å². The molecule has 2 N–H and O–H groups in total. The number of nitrogens with zero attached hydrogens (tertiary/aromatic N) is 3. The third-order valence-electron chi connectivity index (χ3n) is 4.39. The van der Waals surface area contributed by atoms with Crippen LogP contribution in [0, 0.1) is 0 Å². The fourth-order valence-corrected chi connectivity index (χ4v) is 3.98. The van der Waals surface area contributed by atoms with Crippen molar-refractivity contribution in [2.75, 3.05) is 22.0 Å². The van der Waals surface area contributed by atoms with E-state index >= 15 is 0 Å². The molecule has 0 atom stereocenters. The number of para-hydroxylation sites is 1. The summed E-state index contributed by atoms with van der Waals surface area (Å²) in [5, 5.41) is 11.0. The first kappa shape index (κ1) is 17.9. The molecule has 4 rings (SSSR count). The van der Waals surface area contributed by atoms with Crippen molar-refractivity contribution in [1.29, 1.82) is 0 Å². The van der Waals surface area contributed by atoms with Gasteiger partial charge >= 0.3 is 0 Å². The standard InChI is InChI=1S/C19H17N5O3S/c1-24-16-8-7-15(11-13(16)12-19(24)25)28(26,27)23-18-10-9-17(21-22-18)20-14-5-3-2-4-6-14/h2-11H,12H2,1H3,(H,20,21)(H,22,23). The van der Waals surface area contributed by atoms with Crippen LogP contribution in [-0.4, -0.2) is 31.6 Å². The Labute approximate surface area is 162 Å². The summed E-state index contributed by atoms with van der Waals surface area (Å²) in [4.78, 5) is 13.4. The van der Waals surface area contributed by atoms with Crippen LogP contribution < -0.4 is 14.9 Å². The van der Waals surface area contributed by atoms with E-state index in [2.05, 4.69) is 20.2 Å². The molecular weight excluding hydrogens is 378 g/mol. The highest BCUT2D eigenvalue weighted by Crippen LogP contribution is 2.30. The Morgan fingerprint density at radius 2 is 1.68 bits per heavy atom. The summed E-state index contributed by atoms with van der Waals surface area (Å²) in [6.45, 7) is 0. The number of fused-ring (bicyclic) bond motifs is 1. The maximum absolute atomic E-state index is 12.6. The minimum absolute atomic E-state index is 0.0649. The van der Waals surface area contributed by atoms with Gasteiger partial charge in [0.2, 0.25) is 5.91 Å². The van der Waals surface area contributed by atoms with Crippen molar-refractivity contribution in [3.05, 3.63) is 66.2 Å². The van der Waals surface area contributed by atoms with E-state index in [0.29, 0.717) is 11.4 Å². The molecule has 0 radical (unpaired) electrons. The highest BCUT2D eigenvalue weighted by molar-refractivity contribution is 7.92. The number of likely N-dealkylation sites (N-methyl/N-ethyl adjacent to an activating group) is 1. The van der Waals surface area contributed by atoms with Crippen molar-refractivity contribution in [2.24, 2.45) is 0 Å². The van der Waals surface area contributed by atoms with Gasteiger partial charge in [-0.25, -0.2) is 8.42 Å². The second-order valence-corrected chi connectivity index (χ2v) is 8.00. The van der Waals surface area contributed by atoms with Crippen LogP contribution in [-0.2, 0) is 21.2 Å². The zero-order valence-electron chi connectivity index (χ0n) is 15.0. The van der Waals surface area contributed by atoms with Gasteiger partial charge < -0.3 is 10.2 Å². The first-order valence-corrected chi connectivity index (χ1v) is 9.99. The van der Waals surface area contributed by atoms with Gasteiger partial charge in [-0.15, -0.1) is 10.2 Å². The van der Waals surface area contributed by atoms with Crippen molar-refractivity contribution in [3.8, 4) is 0 Å². The van der Waals surface area contributed by atoms with E-state index in [1.807, 2.05) is 30.3 Å². The Morgan fingerprint density at radius 3 is 2.39 bits per heavy atom. The van der Waals surface area contributed by atoms with E-state index in [4.69, 9.17) is 0 Å². The summed E-state index contributed by atoms with van der Waals surface area (Å²) in [6, 6.07) is 17.2. The summed E-state index contributed by atoms with van der Waals surface area (Å²) < 4.78 is 27.7. The molecule has 142 valence electrons. The van der Waals surface area contributed by atoms with Crippen molar-refractivity contribution in [2.45, 2.75) is 11.3 Å². The lowest BCUT2D eigenvalue weighted by molar-refractivity contribution is -0.117. The number of anilines is 4. The number of hydrogen-bond acceptors (Lipinski definition) is 6. The third-order valence-corrected chi connectivity index (χ3v) is 5.74. The zero-order valence-corrected chi connectivity index (χ0v) is 15.8. The highest BCUT2D eigenvalue weighted by atomic mass is 32.2. The molecule has 0 fully saturated rings. The van der Waals surface area contributed by atoms with Gasteiger partial charge in [0.1, 0.15) is 0 Å². The number of hydrogen-bond donors (Lipinski definition) is 2. The average Bonchev–Trinajstić information content (AvgIpc) is 2.97. The van der Waals surface area contributed by atoms with Crippen LogP contribution in [0.2, 0.25) is 0 Å². The first-order valence-electron chi connectivity index (χ1n) is 8.50. The van der Waals surface area contributed by atoms with Crippen molar-refractivity contribution < 1.29 is 13.2 Å². The maximum Gasteiger partial charge on any atom is 0.263 e. The molecule has 28 heavy (non-hydrogen) atoms. The predicted octanol–water partition coefficient (Wildman–Crippen LogP) is 2.54. The van der Waals surface area contributed by atoms with Gasteiger partial charge in [-0.3, -0.25) is 9.52 Å². The lowest BCUT2D eigenvalue weighted by Gasteiger charge is -2.11. The molecule has 1 amide bonds. The number of nitrogens with one attached hydrogen (secondary N) is 2. The van der Waals surface area contributed by atoms with Gasteiger partial charge in [0.15, 0.2) is 11.6 Å². The van der Waals surface area contributed by atoms with Gasteiger partial charge in [0.05, 0.1) is 11.3 Å². The van der Waals surface area contributed by atoms with E-state index < -0.39 is 10.0 Å². The molecule has 2 aromatic carbocycles. The zero-order chi connectivity index (χ0) is 19.7. The molecule has 0 bridgehead atoms. The van der Waals surface area contributed by atoms with E-state index in [-0.39, 0.29) is 23.0 Å². The van der Waals surface area contributed by atoms with E-state index in [1.165, 1.54) is 23.1 Å². The molecule has 0 spiro atoms. The molecule has 1 aliphatic rings. The summed E-state index contributed by atoms with van der Waals surface area (Å²) in [5.74, 6) is 0.533. The number of rotatable bonds is 5. The van der Waals surface area contributed by atoms with Gasteiger partial charge in [0.25, 0.3) is 10.0 Å². The van der Waals surface area contributed by atoms with E-state index in [0.717, 1.165) is 11.4 Å². The molecule has 8 nitrogen and oxygen atoms in total. The maximum atomic E-state index is 12.6. The summed E-state index contributed by atoms with van der Waals surface area (Å²) in [7, 11) is -2.18. The second-order valence-electron chi connectivity index (χ2n) is 6.32. The Balaban J connectivity index is 1.51. The number of aromatic nitrogens is 2. The van der Waals surface area contributed by atoms with Crippen molar-refractivity contribution in [3.63, 3.8) is 0 Å². The molecule has 3 aromatic rings. The Kier molecular flexibility index (Phi) is 4.44. The van der Waals surface area contributed by atoms with Gasteiger partial charge in [-0.2, -0.15) is 0 Å². The van der Waals surface area contributed by atoms with Crippen LogP contribution in [0.25, 0.3) is 0 Å². The van der Waals surface area contributed by atoms with Crippen LogP contribution in [0.15, 0.2) is 65.6 Å². The van der Waals surface area contributed by atoms with E-state index in [1.54, 1.807) is 19.2 Å². The quantitative estimate of drug-likeness (QED) is 0.688. The van der Waals surface area contributed by atoms with Crippen LogP contribution in [0.5, 0.6) is 0 Å². The first-order chi connectivity index (χ1) is 13.4. The van der Waals surface area contributed by atoms with Gasteiger partial charge in [-0.1, -0.05) is 18.2 Å². The monoisotopic (exact) mass is 395 g/mol.